The fourth-order valence-corrected chi connectivity index (χ4v) is 2.86. The summed E-state index contributed by atoms with van der Waals surface area (Å²) >= 11 is 5.78. The molecule has 1 fully saturated rings. The summed E-state index contributed by atoms with van der Waals surface area (Å²) in [5.41, 5.74) is 0. The molecule has 2 amide bonds. The third kappa shape index (κ3) is 5.18. The van der Waals surface area contributed by atoms with Crippen LogP contribution in [0.1, 0.15) is 33.6 Å². The van der Waals surface area contributed by atoms with Crippen LogP contribution in [0, 0.1) is 5.92 Å². The summed E-state index contributed by atoms with van der Waals surface area (Å²) < 4.78 is 0. The fraction of sp³-hybridized carbons (Fsp3) is 0.588. The number of amides is 2. The van der Waals surface area contributed by atoms with Crippen molar-refractivity contribution in [3.8, 4) is 0 Å². The highest BCUT2D eigenvalue weighted by Gasteiger charge is 2.26. The van der Waals surface area contributed by atoms with Crippen LogP contribution in [0.2, 0.25) is 5.02 Å². The van der Waals surface area contributed by atoms with Gasteiger partial charge in [0.25, 0.3) is 0 Å². The number of piperidine rings is 1. The molecule has 0 saturated carbocycles. The number of nitrogens with one attached hydrogen (secondary N) is 2. The van der Waals surface area contributed by atoms with Crippen molar-refractivity contribution in [2.75, 3.05) is 18.4 Å². The van der Waals surface area contributed by atoms with Crippen molar-refractivity contribution >= 4 is 29.2 Å². The molecule has 2 heterocycles. The van der Waals surface area contributed by atoms with Crippen molar-refractivity contribution in [3.05, 3.63) is 23.4 Å². The van der Waals surface area contributed by atoms with Gasteiger partial charge in [-0.3, -0.25) is 9.59 Å². The van der Waals surface area contributed by atoms with Crippen LogP contribution in [0.5, 0.6) is 0 Å². The van der Waals surface area contributed by atoms with Crippen molar-refractivity contribution in [1.82, 2.24) is 15.2 Å². The number of nitrogens with zero attached hydrogens (tertiary/aromatic N) is 2. The van der Waals surface area contributed by atoms with Gasteiger partial charge in [0.2, 0.25) is 11.8 Å². The minimum atomic E-state index is -0.333. The van der Waals surface area contributed by atoms with Crippen LogP contribution in [0.25, 0.3) is 0 Å². The topological polar surface area (TPSA) is 74.3 Å². The Bertz CT molecular complexity index is 568. The lowest BCUT2D eigenvalue weighted by atomic mass is 10.0. The molecule has 1 aliphatic heterocycles. The average molecular weight is 353 g/mol. The van der Waals surface area contributed by atoms with Gasteiger partial charge in [-0.2, -0.15) is 0 Å². The number of hydrogen-bond donors (Lipinski definition) is 2. The minimum Gasteiger partial charge on any atom is -0.342 e. The minimum absolute atomic E-state index is 0.0334. The third-order valence-electron chi connectivity index (χ3n) is 4.16. The van der Waals surface area contributed by atoms with E-state index in [0.29, 0.717) is 10.8 Å². The number of carbonyl (C=O) groups excluding carboxylic acids is 2. The number of likely N-dealkylation sites (tertiary alicyclic amines) is 1. The predicted octanol–water partition coefficient (Wildman–Crippen LogP) is 2.30. The number of pyridine rings is 1. The molecule has 1 saturated heterocycles. The van der Waals surface area contributed by atoms with Crippen LogP contribution in [-0.4, -0.2) is 46.9 Å². The third-order valence-corrected chi connectivity index (χ3v) is 4.38. The molecule has 0 unspecified atom stereocenters. The molecular weight excluding hydrogens is 328 g/mol. The Labute approximate surface area is 148 Å². The molecule has 0 aromatic carbocycles. The quantitative estimate of drug-likeness (QED) is 0.852. The summed E-state index contributed by atoms with van der Waals surface area (Å²) in [5.74, 6) is 0.583. The first kappa shape index (κ1) is 18.7. The maximum atomic E-state index is 12.2. The van der Waals surface area contributed by atoms with Crippen LogP contribution in [-0.2, 0) is 9.59 Å². The van der Waals surface area contributed by atoms with Gasteiger partial charge in [-0.15, -0.1) is 0 Å². The predicted molar refractivity (Wildman–Crippen MR) is 94.9 cm³/mol. The van der Waals surface area contributed by atoms with Crippen molar-refractivity contribution in [2.45, 2.75) is 45.7 Å². The number of carbonyl (C=O) groups is 2. The van der Waals surface area contributed by atoms with E-state index < -0.39 is 0 Å². The summed E-state index contributed by atoms with van der Waals surface area (Å²) in [6.45, 7) is 7.15. The average Bonchev–Trinajstić information content (AvgIpc) is 2.56. The van der Waals surface area contributed by atoms with Gasteiger partial charge in [0.1, 0.15) is 5.82 Å². The monoisotopic (exact) mass is 352 g/mol. The normalized spacial score (nSPS) is 17.0. The van der Waals surface area contributed by atoms with E-state index in [-0.39, 0.29) is 29.8 Å². The van der Waals surface area contributed by atoms with E-state index in [2.05, 4.69) is 15.6 Å². The number of halogens is 1. The highest BCUT2D eigenvalue weighted by Crippen LogP contribution is 2.14. The van der Waals surface area contributed by atoms with Gasteiger partial charge >= 0.3 is 0 Å². The molecule has 0 radical (unpaired) electrons. The van der Waals surface area contributed by atoms with Crippen molar-refractivity contribution in [1.29, 1.82) is 0 Å². The summed E-state index contributed by atoms with van der Waals surface area (Å²) in [6.07, 6.45) is 3.21. The van der Waals surface area contributed by atoms with Crippen LogP contribution in [0.3, 0.4) is 0 Å². The van der Waals surface area contributed by atoms with Gasteiger partial charge < -0.3 is 15.5 Å². The van der Waals surface area contributed by atoms with Crippen LogP contribution >= 0.6 is 11.6 Å². The van der Waals surface area contributed by atoms with Crippen molar-refractivity contribution in [2.24, 2.45) is 5.92 Å². The molecule has 0 bridgehead atoms. The number of aromatic nitrogens is 1. The molecule has 1 aliphatic rings. The van der Waals surface area contributed by atoms with E-state index >= 15 is 0 Å². The van der Waals surface area contributed by atoms with E-state index in [1.165, 1.54) is 6.20 Å². The summed E-state index contributed by atoms with van der Waals surface area (Å²) in [6, 6.07) is 3.26. The Balaban J connectivity index is 1.78. The van der Waals surface area contributed by atoms with Gasteiger partial charge in [-0.25, -0.2) is 4.98 Å². The Morgan fingerprint density at radius 1 is 1.25 bits per heavy atom. The van der Waals surface area contributed by atoms with Crippen LogP contribution in [0.4, 0.5) is 5.82 Å². The van der Waals surface area contributed by atoms with Crippen molar-refractivity contribution in [3.63, 3.8) is 0 Å². The van der Waals surface area contributed by atoms with Crippen LogP contribution in [0.15, 0.2) is 18.3 Å². The second kappa shape index (κ2) is 8.44. The molecule has 1 aromatic rings. The zero-order chi connectivity index (χ0) is 17.7. The van der Waals surface area contributed by atoms with Gasteiger partial charge in [0, 0.05) is 31.2 Å². The Morgan fingerprint density at radius 2 is 1.92 bits per heavy atom. The van der Waals surface area contributed by atoms with Gasteiger partial charge in [-0.1, -0.05) is 25.4 Å². The molecule has 2 N–H and O–H groups in total. The highest BCUT2D eigenvalue weighted by atomic mass is 35.5. The van der Waals surface area contributed by atoms with Crippen molar-refractivity contribution < 1.29 is 9.59 Å². The molecule has 7 heteroatoms. The second-order valence-electron chi connectivity index (χ2n) is 6.49. The van der Waals surface area contributed by atoms with E-state index in [4.69, 9.17) is 11.6 Å². The highest BCUT2D eigenvalue weighted by molar-refractivity contribution is 6.30. The van der Waals surface area contributed by atoms with E-state index in [9.17, 15) is 9.59 Å². The summed E-state index contributed by atoms with van der Waals surface area (Å²) in [4.78, 5) is 30.2. The molecule has 6 nitrogen and oxygen atoms in total. The first-order valence-corrected chi connectivity index (χ1v) is 8.72. The molecule has 0 aliphatic carbocycles. The molecule has 1 aromatic heterocycles. The Kier molecular flexibility index (Phi) is 6.57. The molecule has 2 rings (SSSR count). The smallest absolute Gasteiger partial charge is 0.242 e. The Hall–Kier alpha value is -1.66. The van der Waals surface area contributed by atoms with Gasteiger partial charge in [-0.05, 0) is 31.9 Å². The largest absolute Gasteiger partial charge is 0.342 e. The fourth-order valence-electron chi connectivity index (χ4n) is 2.75. The first-order chi connectivity index (χ1) is 11.4. The first-order valence-electron chi connectivity index (χ1n) is 8.34. The molecular formula is C17H25ClN4O2. The maximum absolute atomic E-state index is 12.2. The number of rotatable bonds is 5. The number of anilines is 1. The molecule has 132 valence electrons. The molecule has 24 heavy (non-hydrogen) atoms. The SMILES string of the molecule is CC(C)C(=O)N1CCC(N[C@@H](C)C(=O)Nc2ccc(Cl)cn2)CC1. The molecule has 1 atom stereocenters. The maximum Gasteiger partial charge on any atom is 0.242 e. The van der Waals surface area contributed by atoms with Gasteiger partial charge in [0.15, 0.2) is 0 Å². The zero-order valence-electron chi connectivity index (χ0n) is 14.4. The van der Waals surface area contributed by atoms with E-state index in [1.807, 2.05) is 25.7 Å². The van der Waals surface area contributed by atoms with E-state index in [0.717, 1.165) is 25.9 Å². The molecule has 0 spiro atoms. The van der Waals surface area contributed by atoms with E-state index in [1.54, 1.807) is 12.1 Å². The lowest BCUT2D eigenvalue weighted by Crippen LogP contribution is -2.50. The van der Waals surface area contributed by atoms with Gasteiger partial charge in [0.05, 0.1) is 11.1 Å². The zero-order valence-corrected chi connectivity index (χ0v) is 15.1. The van der Waals surface area contributed by atoms with Crippen LogP contribution < -0.4 is 10.6 Å². The summed E-state index contributed by atoms with van der Waals surface area (Å²) in [5, 5.41) is 6.63. The standard InChI is InChI=1S/C17H25ClN4O2/c1-11(2)17(24)22-8-6-14(7-9-22)20-12(3)16(23)21-15-5-4-13(18)10-19-15/h4-5,10-12,14,20H,6-9H2,1-3H3,(H,19,21,23)/t12-/m0/s1. The summed E-state index contributed by atoms with van der Waals surface area (Å²) in [7, 11) is 0. The lowest BCUT2D eigenvalue weighted by molar-refractivity contribution is -0.135. The lowest BCUT2D eigenvalue weighted by Gasteiger charge is -2.34. The Morgan fingerprint density at radius 3 is 2.46 bits per heavy atom. The second-order valence-corrected chi connectivity index (χ2v) is 6.93. The number of hydrogen-bond acceptors (Lipinski definition) is 4.